The van der Waals surface area contributed by atoms with Crippen molar-refractivity contribution in [3.05, 3.63) is 300 Å². The Kier molecular flexibility index (Phi) is 10.5. The van der Waals surface area contributed by atoms with Crippen molar-refractivity contribution in [3.63, 3.8) is 0 Å². The molecule has 0 bridgehead atoms. The summed E-state index contributed by atoms with van der Waals surface area (Å²) in [5, 5.41) is 6.88. The minimum atomic E-state index is 0.890. The van der Waals surface area contributed by atoms with E-state index in [4.69, 9.17) is 9.97 Å². The number of benzene rings is 12. The SMILES string of the molecule is C(=C(c1ccccc1)c1ccccc1)c1ccc(-c2nc3c4cccc5c4c4c(cccc4c3n2-c2ccccc2)c2nc(-c3ccc(C=C(c4ccccc4)c4ccccc4)cc3)n(-c3ccccc3)c52)cc1. The van der Waals surface area contributed by atoms with Gasteiger partial charge in [0.2, 0.25) is 0 Å². The summed E-state index contributed by atoms with van der Waals surface area (Å²) in [6.45, 7) is 0. The molecule has 0 N–H and O–H groups in total. The van der Waals surface area contributed by atoms with Crippen molar-refractivity contribution in [1.82, 2.24) is 19.1 Å². The first-order chi connectivity index (χ1) is 36.7. The molecule has 0 saturated carbocycles. The second-order valence-corrected chi connectivity index (χ2v) is 18.9. The van der Waals surface area contributed by atoms with E-state index in [2.05, 4.69) is 288 Å². The fourth-order valence-electron chi connectivity index (χ4n) is 11.1. The molecule has 12 aromatic carbocycles. The van der Waals surface area contributed by atoms with Gasteiger partial charge in [0.15, 0.2) is 0 Å². The molecule has 0 radical (unpaired) electrons. The van der Waals surface area contributed by atoms with Crippen molar-refractivity contribution in [2.45, 2.75) is 0 Å². The number of aromatic nitrogens is 4. The maximum atomic E-state index is 5.70. The molecule has 4 heteroatoms. The highest BCUT2D eigenvalue weighted by molar-refractivity contribution is 6.39. The number of imidazole rings is 2. The Morgan fingerprint density at radius 3 is 0.905 bits per heavy atom. The summed E-state index contributed by atoms with van der Waals surface area (Å²) in [6, 6.07) is 95.1. The van der Waals surface area contributed by atoms with E-state index < -0.39 is 0 Å². The molecule has 0 aliphatic heterocycles. The lowest BCUT2D eigenvalue weighted by molar-refractivity contribution is 1.11. The van der Waals surface area contributed by atoms with Gasteiger partial charge in [0.25, 0.3) is 0 Å². The zero-order chi connectivity index (χ0) is 49.0. The minimum Gasteiger partial charge on any atom is -0.292 e. The predicted molar refractivity (Wildman–Crippen MR) is 310 cm³/mol. The molecule has 346 valence electrons. The lowest BCUT2D eigenvalue weighted by Gasteiger charge is -2.17. The highest BCUT2D eigenvalue weighted by atomic mass is 15.1. The van der Waals surface area contributed by atoms with Crippen LogP contribution in [0, 0.1) is 0 Å². The Balaban J connectivity index is 0.969. The number of nitrogens with zero attached hydrogens (tertiary/aromatic N) is 4. The van der Waals surface area contributed by atoms with Crippen LogP contribution in [0.2, 0.25) is 0 Å². The van der Waals surface area contributed by atoms with Gasteiger partial charge in [-0.15, -0.1) is 0 Å². The Labute approximate surface area is 429 Å². The third-order valence-electron chi connectivity index (χ3n) is 14.5. The van der Waals surface area contributed by atoms with E-state index >= 15 is 0 Å². The van der Waals surface area contributed by atoms with Crippen LogP contribution in [0.25, 0.3) is 112 Å². The quantitative estimate of drug-likeness (QED) is 0.101. The molecule has 74 heavy (non-hydrogen) atoms. The number of rotatable bonds is 10. The molecule has 0 spiro atoms. The molecule has 14 rings (SSSR count). The molecular formula is C70H46N4. The standard InChI is InChI=1S/C70H46N4/c1-7-21-49(22-8-1)61(50-23-9-2-10-24-50)45-47-37-41-53(42-38-47)69-71-65-57-33-19-36-60-63(57)64-58(34-20-35-59(64)67(65)73(69)55-29-15-5-16-30-55)66-68(60)74(56-31-17-6-18-32-56)70(72-66)54-43-39-48(40-44-54)46-62(51-25-11-3-12-26-51)52-27-13-4-14-28-52/h1-46H. The molecular weight excluding hydrogens is 897 g/mol. The third-order valence-corrected chi connectivity index (χ3v) is 14.5. The molecule has 2 aromatic heterocycles. The molecule has 14 aromatic rings. The monoisotopic (exact) mass is 942 g/mol. The molecule has 0 aliphatic rings. The first-order valence-electron chi connectivity index (χ1n) is 25.2. The predicted octanol–water partition coefficient (Wildman–Crippen LogP) is 17.8. The molecule has 0 atom stereocenters. The Hall–Kier alpha value is -9.90. The van der Waals surface area contributed by atoms with Crippen molar-refractivity contribution in [1.29, 1.82) is 0 Å². The second-order valence-electron chi connectivity index (χ2n) is 18.9. The van der Waals surface area contributed by atoms with Gasteiger partial charge in [-0.3, -0.25) is 9.13 Å². The van der Waals surface area contributed by atoms with Crippen LogP contribution in [0.4, 0.5) is 0 Å². The number of hydrogen-bond acceptors (Lipinski definition) is 2. The van der Waals surface area contributed by atoms with E-state index in [1.165, 1.54) is 44.2 Å². The fourth-order valence-corrected chi connectivity index (χ4v) is 11.1. The summed E-state index contributed by atoms with van der Waals surface area (Å²) < 4.78 is 4.73. The van der Waals surface area contributed by atoms with Crippen molar-refractivity contribution in [2.24, 2.45) is 0 Å². The lowest BCUT2D eigenvalue weighted by Crippen LogP contribution is -1.99. The van der Waals surface area contributed by atoms with Gasteiger partial charge in [-0.1, -0.05) is 243 Å². The average molecular weight is 943 g/mol. The van der Waals surface area contributed by atoms with Gasteiger partial charge in [0, 0.05) is 54.8 Å². The summed E-state index contributed by atoms with van der Waals surface area (Å²) in [5.41, 5.74) is 17.6. The minimum absolute atomic E-state index is 0.890. The van der Waals surface area contributed by atoms with Gasteiger partial charge in [0.05, 0.1) is 22.1 Å². The van der Waals surface area contributed by atoms with Gasteiger partial charge in [-0.2, -0.15) is 0 Å². The van der Waals surface area contributed by atoms with Crippen LogP contribution in [0.1, 0.15) is 33.4 Å². The van der Waals surface area contributed by atoms with Gasteiger partial charge < -0.3 is 0 Å². The van der Waals surface area contributed by atoms with Gasteiger partial charge in [0.1, 0.15) is 11.6 Å². The molecule has 0 aliphatic carbocycles. The molecule has 4 nitrogen and oxygen atoms in total. The van der Waals surface area contributed by atoms with Crippen molar-refractivity contribution in [3.8, 4) is 34.2 Å². The number of hydrogen-bond donors (Lipinski definition) is 0. The topological polar surface area (TPSA) is 35.6 Å². The van der Waals surface area contributed by atoms with Crippen LogP contribution in [-0.2, 0) is 0 Å². The first-order valence-corrected chi connectivity index (χ1v) is 25.2. The van der Waals surface area contributed by atoms with Crippen molar-refractivity contribution >= 4 is 77.7 Å². The normalized spacial score (nSPS) is 11.5. The second kappa shape index (κ2) is 18.1. The number of para-hydroxylation sites is 2. The molecule has 2 heterocycles. The molecule has 0 unspecified atom stereocenters. The van der Waals surface area contributed by atoms with E-state index in [1.54, 1.807) is 0 Å². The third kappa shape index (κ3) is 7.31. The summed E-state index contributed by atoms with van der Waals surface area (Å²) in [4.78, 5) is 11.4. The highest BCUT2D eigenvalue weighted by Crippen LogP contribution is 2.47. The zero-order valence-electron chi connectivity index (χ0n) is 40.3. The number of fused-ring (bicyclic) bond motifs is 6. The van der Waals surface area contributed by atoms with Crippen LogP contribution < -0.4 is 0 Å². The van der Waals surface area contributed by atoms with Crippen LogP contribution in [-0.4, -0.2) is 19.1 Å². The maximum absolute atomic E-state index is 5.70. The highest BCUT2D eigenvalue weighted by Gasteiger charge is 2.27. The van der Waals surface area contributed by atoms with E-state index in [0.29, 0.717) is 0 Å². The first kappa shape index (κ1) is 42.9. The Bertz CT molecular complexity index is 4020. The van der Waals surface area contributed by atoms with E-state index in [0.717, 1.165) is 88.9 Å². The molecule has 0 saturated heterocycles. The summed E-state index contributed by atoms with van der Waals surface area (Å²) in [6.07, 6.45) is 4.57. The van der Waals surface area contributed by atoms with E-state index in [9.17, 15) is 0 Å². The largest absolute Gasteiger partial charge is 0.292 e. The Morgan fingerprint density at radius 1 is 0.284 bits per heavy atom. The van der Waals surface area contributed by atoms with E-state index in [1.807, 2.05) is 0 Å². The van der Waals surface area contributed by atoms with E-state index in [-0.39, 0.29) is 0 Å². The van der Waals surface area contributed by atoms with Gasteiger partial charge in [-0.05, 0) is 80.9 Å². The van der Waals surface area contributed by atoms with Crippen molar-refractivity contribution in [2.75, 3.05) is 0 Å². The average Bonchev–Trinajstić information content (AvgIpc) is 4.10. The summed E-state index contributed by atoms with van der Waals surface area (Å²) >= 11 is 0. The van der Waals surface area contributed by atoms with Crippen molar-refractivity contribution < 1.29 is 0 Å². The van der Waals surface area contributed by atoms with Crippen LogP contribution in [0.15, 0.2) is 267 Å². The summed E-state index contributed by atoms with van der Waals surface area (Å²) in [7, 11) is 0. The van der Waals surface area contributed by atoms with Gasteiger partial charge in [-0.25, -0.2) is 9.97 Å². The van der Waals surface area contributed by atoms with Gasteiger partial charge >= 0.3 is 0 Å². The molecule has 0 amide bonds. The summed E-state index contributed by atoms with van der Waals surface area (Å²) in [5.74, 6) is 1.78. The Morgan fingerprint density at radius 2 is 0.581 bits per heavy atom. The van der Waals surface area contributed by atoms with Crippen LogP contribution in [0.3, 0.4) is 0 Å². The lowest BCUT2D eigenvalue weighted by atomic mass is 9.91. The fraction of sp³-hybridized carbons (Fsp3) is 0. The molecule has 0 fully saturated rings. The van der Waals surface area contributed by atoms with Crippen LogP contribution >= 0.6 is 0 Å². The maximum Gasteiger partial charge on any atom is 0.145 e. The smallest absolute Gasteiger partial charge is 0.145 e. The van der Waals surface area contributed by atoms with Crippen LogP contribution in [0.5, 0.6) is 0 Å². The zero-order valence-corrected chi connectivity index (χ0v) is 40.3.